The van der Waals surface area contributed by atoms with Crippen molar-refractivity contribution in [3.8, 4) is 0 Å². The number of rotatable bonds is 8. The summed E-state index contributed by atoms with van der Waals surface area (Å²) < 4.78 is 0. The minimum absolute atomic E-state index is 0.157. The summed E-state index contributed by atoms with van der Waals surface area (Å²) in [6.07, 6.45) is 2.09. The summed E-state index contributed by atoms with van der Waals surface area (Å²) in [6, 6.07) is 5.71. The van der Waals surface area contributed by atoms with Crippen LogP contribution in [0.5, 0.6) is 0 Å². The summed E-state index contributed by atoms with van der Waals surface area (Å²) in [4.78, 5) is 13.0. The molecule has 0 bridgehead atoms. The first-order valence-corrected chi connectivity index (χ1v) is 7.11. The van der Waals surface area contributed by atoms with Gasteiger partial charge in [-0.1, -0.05) is 12.1 Å². The first kappa shape index (κ1) is 16.4. The molecule has 5 nitrogen and oxygen atoms in total. The molecule has 0 unspecified atom stereocenters. The summed E-state index contributed by atoms with van der Waals surface area (Å²) >= 11 is 0. The Kier molecular flexibility index (Phi) is 6.45. The van der Waals surface area contributed by atoms with Crippen LogP contribution in [0.4, 0.5) is 11.4 Å². The van der Waals surface area contributed by atoms with Crippen LogP contribution in [0.1, 0.15) is 32.3 Å². The number of hydrogen-bond acceptors (Lipinski definition) is 4. The van der Waals surface area contributed by atoms with Gasteiger partial charge in [0.05, 0.1) is 4.92 Å². The van der Waals surface area contributed by atoms with Crippen molar-refractivity contribution >= 4 is 11.4 Å². The standard InChI is InChI=1S/C15H25N3O2/c1-12(2)17(4)11-6-5-10-16-15-13(3)8-7-9-14(15)18(19)20/h7-9,12,16H,5-6,10-11H2,1-4H3. The lowest BCUT2D eigenvalue weighted by Crippen LogP contribution is -2.27. The van der Waals surface area contributed by atoms with Crippen molar-refractivity contribution in [2.24, 2.45) is 0 Å². The van der Waals surface area contributed by atoms with Gasteiger partial charge in [0.1, 0.15) is 5.69 Å². The van der Waals surface area contributed by atoms with Gasteiger partial charge in [0.2, 0.25) is 0 Å². The van der Waals surface area contributed by atoms with E-state index >= 15 is 0 Å². The number of nitro groups is 1. The molecule has 1 aromatic rings. The fourth-order valence-corrected chi connectivity index (χ4v) is 1.99. The van der Waals surface area contributed by atoms with Gasteiger partial charge in [0.25, 0.3) is 5.69 Å². The van der Waals surface area contributed by atoms with Gasteiger partial charge in [-0.05, 0) is 52.8 Å². The molecule has 0 radical (unpaired) electrons. The quantitative estimate of drug-likeness (QED) is 0.450. The van der Waals surface area contributed by atoms with Gasteiger partial charge < -0.3 is 10.2 Å². The van der Waals surface area contributed by atoms with E-state index in [0.717, 1.165) is 31.5 Å². The maximum Gasteiger partial charge on any atom is 0.292 e. The van der Waals surface area contributed by atoms with E-state index in [1.54, 1.807) is 12.1 Å². The number of nitro benzene ring substituents is 1. The summed E-state index contributed by atoms with van der Waals surface area (Å²) in [5, 5.41) is 14.2. The predicted molar refractivity (Wildman–Crippen MR) is 83.3 cm³/mol. The zero-order valence-corrected chi connectivity index (χ0v) is 12.8. The van der Waals surface area contributed by atoms with Crippen molar-refractivity contribution in [3.63, 3.8) is 0 Å². The molecule has 1 N–H and O–H groups in total. The maximum absolute atomic E-state index is 11.0. The van der Waals surface area contributed by atoms with Crippen LogP contribution in [-0.4, -0.2) is 36.0 Å². The largest absolute Gasteiger partial charge is 0.379 e. The third-order valence-corrected chi connectivity index (χ3v) is 3.57. The predicted octanol–water partition coefficient (Wildman–Crippen LogP) is 3.44. The van der Waals surface area contributed by atoms with Crippen LogP contribution in [-0.2, 0) is 0 Å². The van der Waals surface area contributed by atoms with Gasteiger partial charge in [0, 0.05) is 18.7 Å². The summed E-state index contributed by atoms with van der Waals surface area (Å²) in [6.45, 7) is 8.05. The van der Waals surface area contributed by atoms with Gasteiger partial charge in [-0.2, -0.15) is 0 Å². The molecule has 0 amide bonds. The van der Waals surface area contributed by atoms with Gasteiger partial charge >= 0.3 is 0 Å². The molecule has 0 saturated heterocycles. The van der Waals surface area contributed by atoms with E-state index in [2.05, 4.69) is 31.1 Å². The Morgan fingerprint density at radius 1 is 1.35 bits per heavy atom. The fraction of sp³-hybridized carbons (Fsp3) is 0.600. The molecule has 0 saturated carbocycles. The molecule has 0 aliphatic rings. The van der Waals surface area contributed by atoms with Crippen molar-refractivity contribution < 1.29 is 4.92 Å². The van der Waals surface area contributed by atoms with Crippen molar-refractivity contribution in [2.45, 2.75) is 39.7 Å². The summed E-state index contributed by atoms with van der Waals surface area (Å²) in [5.74, 6) is 0. The molecule has 0 heterocycles. The Morgan fingerprint density at radius 2 is 2.05 bits per heavy atom. The maximum atomic E-state index is 11.0. The lowest BCUT2D eigenvalue weighted by molar-refractivity contribution is -0.384. The van der Waals surface area contributed by atoms with E-state index < -0.39 is 0 Å². The average Bonchev–Trinajstić information content (AvgIpc) is 2.39. The molecule has 5 heteroatoms. The third kappa shape index (κ3) is 4.81. The van der Waals surface area contributed by atoms with E-state index in [4.69, 9.17) is 0 Å². The second-order valence-corrected chi connectivity index (χ2v) is 5.43. The first-order valence-electron chi connectivity index (χ1n) is 7.11. The number of unbranched alkanes of at least 4 members (excludes halogenated alkanes) is 1. The minimum atomic E-state index is -0.331. The van der Waals surface area contributed by atoms with Gasteiger partial charge in [-0.15, -0.1) is 0 Å². The molecule has 0 spiro atoms. The van der Waals surface area contributed by atoms with Crippen LogP contribution in [0.25, 0.3) is 0 Å². The van der Waals surface area contributed by atoms with Crippen molar-refractivity contribution in [1.29, 1.82) is 0 Å². The van der Waals surface area contributed by atoms with Crippen molar-refractivity contribution in [2.75, 3.05) is 25.5 Å². The molecule has 20 heavy (non-hydrogen) atoms. The number of aryl methyl sites for hydroxylation is 1. The summed E-state index contributed by atoms with van der Waals surface area (Å²) in [5.41, 5.74) is 1.72. The lowest BCUT2D eigenvalue weighted by atomic mass is 10.1. The zero-order valence-electron chi connectivity index (χ0n) is 12.8. The lowest BCUT2D eigenvalue weighted by Gasteiger charge is -2.20. The second-order valence-electron chi connectivity index (χ2n) is 5.43. The summed E-state index contributed by atoms with van der Waals surface area (Å²) in [7, 11) is 2.12. The Labute approximate surface area is 121 Å². The molecule has 1 rings (SSSR count). The van der Waals surface area contributed by atoms with Crippen LogP contribution in [0, 0.1) is 17.0 Å². The van der Waals surface area contributed by atoms with Crippen LogP contribution < -0.4 is 5.32 Å². The molecule has 1 aromatic carbocycles. The number of nitrogens with zero attached hydrogens (tertiary/aromatic N) is 2. The van der Waals surface area contributed by atoms with Crippen LogP contribution in [0.3, 0.4) is 0 Å². The molecule has 0 aliphatic carbocycles. The third-order valence-electron chi connectivity index (χ3n) is 3.57. The van der Waals surface area contributed by atoms with Gasteiger partial charge in [-0.3, -0.25) is 10.1 Å². The van der Waals surface area contributed by atoms with Crippen molar-refractivity contribution in [1.82, 2.24) is 4.90 Å². The smallest absolute Gasteiger partial charge is 0.292 e. The second kappa shape index (κ2) is 7.85. The van der Waals surface area contributed by atoms with Crippen LogP contribution in [0.2, 0.25) is 0 Å². The van der Waals surface area contributed by atoms with E-state index in [-0.39, 0.29) is 10.6 Å². The van der Waals surface area contributed by atoms with Gasteiger partial charge in [0.15, 0.2) is 0 Å². The number of nitrogens with one attached hydrogen (secondary N) is 1. The first-order chi connectivity index (χ1) is 9.43. The Morgan fingerprint density at radius 3 is 2.65 bits per heavy atom. The van der Waals surface area contributed by atoms with E-state index in [9.17, 15) is 10.1 Å². The molecular weight excluding hydrogens is 254 g/mol. The Bertz CT molecular complexity index is 447. The van der Waals surface area contributed by atoms with E-state index in [1.807, 2.05) is 13.0 Å². The fourth-order valence-electron chi connectivity index (χ4n) is 1.99. The monoisotopic (exact) mass is 279 g/mol. The number of para-hydroxylation sites is 1. The Hall–Kier alpha value is -1.62. The number of benzene rings is 1. The van der Waals surface area contributed by atoms with Crippen LogP contribution >= 0.6 is 0 Å². The van der Waals surface area contributed by atoms with Gasteiger partial charge in [-0.25, -0.2) is 0 Å². The molecular formula is C15H25N3O2. The van der Waals surface area contributed by atoms with E-state index in [0.29, 0.717) is 11.7 Å². The number of anilines is 1. The van der Waals surface area contributed by atoms with Crippen molar-refractivity contribution in [3.05, 3.63) is 33.9 Å². The molecule has 0 aliphatic heterocycles. The average molecular weight is 279 g/mol. The highest BCUT2D eigenvalue weighted by molar-refractivity contribution is 5.65. The zero-order chi connectivity index (χ0) is 15.1. The molecule has 0 fully saturated rings. The molecule has 0 atom stereocenters. The molecule has 112 valence electrons. The highest BCUT2D eigenvalue weighted by Crippen LogP contribution is 2.27. The SMILES string of the molecule is Cc1cccc([N+](=O)[O-])c1NCCCCN(C)C(C)C. The highest BCUT2D eigenvalue weighted by Gasteiger charge is 2.14. The normalized spacial score (nSPS) is 11.1. The highest BCUT2D eigenvalue weighted by atomic mass is 16.6. The van der Waals surface area contributed by atoms with Crippen LogP contribution in [0.15, 0.2) is 18.2 Å². The number of hydrogen-bond donors (Lipinski definition) is 1. The Balaban J connectivity index is 2.45. The topological polar surface area (TPSA) is 58.4 Å². The van der Waals surface area contributed by atoms with E-state index in [1.165, 1.54) is 0 Å². The molecule has 0 aromatic heterocycles. The minimum Gasteiger partial charge on any atom is -0.379 e.